The maximum Gasteiger partial charge on any atom is 0.254 e. The van der Waals surface area contributed by atoms with Crippen LogP contribution in [0.2, 0.25) is 0 Å². The number of nitrogens with one attached hydrogen (secondary N) is 1. The number of carbonyl (C=O) groups is 2. The van der Waals surface area contributed by atoms with Gasteiger partial charge in [-0.1, -0.05) is 6.42 Å². The molecule has 0 aromatic heterocycles. The molecule has 2 fully saturated rings. The molecule has 1 saturated carbocycles. The van der Waals surface area contributed by atoms with Crippen LogP contribution in [-0.2, 0) is 9.53 Å². The molecule has 8 heteroatoms. The maximum atomic E-state index is 12.7. The molecule has 3 rings (SSSR count). The Kier molecular flexibility index (Phi) is 7.89. The van der Waals surface area contributed by atoms with Gasteiger partial charge in [0.25, 0.3) is 5.91 Å². The Morgan fingerprint density at radius 2 is 2.04 bits per heavy atom. The van der Waals surface area contributed by atoms with Gasteiger partial charge in [0.1, 0.15) is 5.75 Å². The van der Waals surface area contributed by atoms with Gasteiger partial charge in [-0.15, -0.1) is 12.4 Å². The van der Waals surface area contributed by atoms with Crippen LogP contribution >= 0.6 is 12.4 Å². The number of methoxy groups -OCH3 is 1. The van der Waals surface area contributed by atoms with Gasteiger partial charge in [-0.2, -0.15) is 0 Å². The van der Waals surface area contributed by atoms with E-state index in [1.807, 2.05) is 0 Å². The minimum Gasteiger partial charge on any atom is -0.495 e. The van der Waals surface area contributed by atoms with Crippen LogP contribution in [0.1, 0.15) is 36.0 Å². The minimum atomic E-state index is -0.0957. The average Bonchev–Trinajstić information content (AvgIpc) is 3.06. The number of halogens is 1. The molecule has 1 aromatic carbocycles. The SMILES string of the molecule is COc1ccc(C(=O)N2CCOCC2)cc1NC(=O)C[C@@H]1CCC[C@H]1N.Cl. The van der Waals surface area contributed by atoms with E-state index in [4.69, 9.17) is 15.2 Å². The predicted octanol–water partition coefficient (Wildman–Crippen LogP) is 2.05. The van der Waals surface area contributed by atoms with Gasteiger partial charge >= 0.3 is 0 Å². The van der Waals surface area contributed by atoms with E-state index in [2.05, 4.69) is 5.32 Å². The van der Waals surface area contributed by atoms with Crippen molar-refractivity contribution in [2.24, 2.45) is 11.7 Å². The largest absolute Gasteiger partial charge is 0.495 e. The number of carbonyl (C=O) groups excluding carboxylic acids is 2. The fourth-order valence-corrected chi connectivity index (χ4v) is 3.65. The molecular formula is C19H28ClN3O4. The third kappa shape index (κ3) is 5.34. The topological polar surface area (TPSA) is 93.9 Å². The summed E-state index contributed by atoms with van der Waals surface area (Å²) in [5, 5.41) is 2.89. The number of hydrogen-bond acceptors (Lipinski definition) is 5. The van der Waals surface area contributed by atoms with Gasteiger partial charge in [-0.25, -0.2) is 0 Å². The molecule has 1 aromatic rings. The van der Waals surface area contributed by atoms with Crippen molar-refractivity contribution in [1.82, 2.24) is 4.90 Å². The molecule has 27 heavy (non-hydrogen) atoms. The van der Waals surface area contributed by atoms with E-state index in [-0.39, 0.29) is 36.2 Å². The highest BCUT2D eigenvalue weighted by Gasteiger charge is 2.26. The lowest BCUT2D eigenvalue weighted by atomic mass is 10.00. The summed E-state index contributed by atoms with van der Waals surface area (Å²) in [4.78, 5) is 26.8. The third-order valence-corrected chi connectivity index (χ3v) is 5.18. The highest BCUT2D eigenvalue weighted by molar-refractivity contribution is 5.98. The van der Waals surface area contributed by atoms with Crippen molar-refractivity contribution < 1.29 is 19.1 Å². The van der Waals surface area contributed by atoms with Crippen LogP contribution < -0.4 is 15.8 Å². The van der Waals surface area contributed by atoms with Crippen molar-refractivity contribution in [3.8, 4) is 5.75 Å². The lowest BCUT2D eigenvalue weighted by Gasteiger charge is -2.27. The van der Waals surface area contributed by atoms with E-state index in [0.717, 1.165) is 19.3 Å². The van der Waals surface area contributed by atoms with Crippen LogP contribution in [0.3, 0.4) is 0 Å². The first-order valence-electron chi connectivity index (χ1n) is 9.19. The number of ether oxygens (including phenoxy) is 2. The number of rotatable bonds is 5. The van der Waals surface area contributed by atoms with Crippen LogP contribution in [0.15, 0.2) is 18.2 Å². The van der Waals surface area contributed by atoms with E-state index < -0.39 is 0 Å². The monoisotopic (exact) mass is 397 g/mol. The van der Waals surface area contributed by atoms with Gasteiger partial charge in [0.15, 0.2) is 0 Å². The Morgan fingerprint density at radius 1 is 1.30 bits per heavy atom. The summed E-state index contributed by atoms with van der Waals surface area (Å²) in [5.41, 5.74) is 7.10. The van der Waals surface area contributed by atoms with Gasteiger partial charge in [0, 0.05) is 31.1 Å². The zero-order chi connectivity index (χ0) is 18.5. The molecule has 0 radical (unpaired) electrons. The lowest BCUT2D eigenvalue weighted by molar-refractivity contribution is -0.117. The van der Waals surface area contributed by atoms with Crippen molar-refractivity contribution in [3.05, 3.63) is 23.8 Å². The van der Waals surface area contributed by atoms with Crippen molar-refractivity contribution in [1.29, 1.82) is 0 Å². The zero-order valence-electron chi connectivity index (χ0n) is 15.6. The van der Waals surface area contributed by atoms with Crippen LogP contribution in [0.4, 0.5) is 5.69 Å². The van der Waals surface area contributed by atoms with Crippen LogP contribution in [0, 0.1) is 5.92 Å². The molecule has 2 amide bonds. The minimum absolute atomic E-state index is 0. The first-order valence-corrected chi connectivity index (χ1v) is 9.19. The molecule has 3 N–H and O–H groups in total. The molecule has 150 valence electrons. The quantitative estimate of drug-likeness (QED) is 0.793. The molecule has 1 heterocycles. The normalized spacial score (nSPS) is 22.1. The Bertz CT molecular complexity index is 664. The predicted molar refractivity (Wildman–Crippen MR) is 106 cm³/mol. The van der Waals surface area contributed by atoms with Gasteiger partial charge in [-0.05, 0) is 37.0 Å². The summed E-state index contributed by atoms with van der Waals surface area (Å²) in [6.07, 6.45) is 3.43. The summed E-state index contributed by atoms with van der Waals surface area (Å²) in [7, 11) is 1.54. The molecule has 0 bridgehead atoms. The number of amides is 2. The first kappa shape index (κ1) is 21.5. The van der Waals surface area contributed by atoms with E-state index in [1.54, 1.807) is 30.2 Å². The maximum absolute atomic E-state index is 12.7. The number of benzene rings is 1. The highest BCUT2D eigenvalue weighted by Crippen LogP contribution is 2.29. The summed E-state index contributed by atoms with van der Waals surface area (Å²) in [5.74, 6) is 0.595. The second-order valence-electron chi connectivity index (χ2n) is 6.93. The van der Waals surface area contributed by atoms with Crippen molar-refractivity contribution in [3.63, 3.8) is 0 Å². The summed E-state index contributed by atoms with van der Waals surface area (Å²) in [6, 6.07) is 5.21. The summed E-state index contributed by atoms with van der Waals surface area (Å²) in [6.45, 7) is 2.25. The second kappa shape index (κ2) is 9.92. The number of anilines is 1. The Balaban J connectivity index is 0.00000261. The van der Waals surface area contributed by atoms with E-state index in [0.29, 0.717) is 49.7 Å². The van der Waals surface area contributed by atoms with Gasteiger partial charge in [-0.3, -0.25) is 9.59 Å². The summed E-state index contributed by atoms with van der Waals surface area (Å²) >= 11 is 0. The fourth-order valence-electron chi connectivity index (χ4n) is 3.65. The Labute approximate surface area is 166 Å². The second-order valence-corrected chi connectivity index (χ2v) is 6.93. The molecule has 2 atom stereocenters. The van der Waals surface area contributed by atoms with Crippen LogP contribution in [0.25, 0.3) is 0 Å². The standard InChI is InChI=1S/C19H27N3O4.ClH/c1-25-17-6-5-14(19(24)22-7-9-26-10-8-22)11-16(17)21-18(23)12-13-3-2-4-15(13)20;/h5-6,11,13,15H,2-4,7-10,12,20H2,1H3,(H,21,23);1H/t13-,15+;/m0./s1. The fraction of sp³-hybridized carbons (Fsp3) is 0.579. The number of hydrogen-bond donors (Lipinski definition) is 2. The molecule has 1 aliphatic carbocycles. The smallest absolute Gasteiger partial charge is 0.254 e. The zero-order valence-corrected chi connectivity index (χ0v) is 16.4. The van der Waals surface area contributed by atoms with Gasteiger partial charge < -0.3 is 25.4 Å². The number of nitrogens with zero attached hydrogens (tertiary/aromatic N) is 1. The van der Waals surface area contributed by atoms with Crippen molar-refractivity contribution >= 4 is 29.9 Å². The first-order chi connectivity index (χ1) is 12.6. The van der Waals surface area contributed by atoms with Gasteiger partial charge in [0.05, 0.1) is 26.0 Å². The molecule has 2 aliphatic rings. The molecule has 0 spiro atoms. The van der Waals surface area contributed by atoms with Crippen LogP contribution in [0.5, 0.6) is 5.75 Å². The molecule has 0 unspecified atom stereocenters. The van der Waals surface area contributed by atoms with Gasteiger partial charge in [0.2, 0.25) is 5.91 Å². The van der Waals surface area contributed by atoms with E-state index >= 15 is 0 Å². The van der Waals surface area contributed by atoms with Crippen LogP contribution in [-0.4, -0.2) is 56.2 Å². The molecular weight excluding hydrogens is 370 g/mol. The molecule has 1 saturated heterocycles. The molecule has 7 nitrogen and oxygen atoms in total. The lowest BCUT2D eigenvalue weighted by Crippen LogP contribution is -2.40. The highest BCUT2D eigenvalue weighted by atomic mass is 35.5. The number of nitrogens with two attached hydrogens (primary N) is 1. The van der Waals surface area contributed by atoms with E-state index in [1.165, 1.54) is 0 Å². The summed E-state index contributed by atoms with van der Waals surface area (Å²) < 4.78 is 10.6. The Morgan fingerprint density at radius 3 is 2.67 bits per heavy atom. The van der Waals surface area contributed by atoms with Crippen molar-refractivity contribution in [2.75, 3.05) is 38.7 Å². The molecule has 1 aliphatic heterocycles. The Hall–Kier alpha value is -1.83. The number of morpholine rings is 1. The average molecular weight is 398 g/mol. The van der Waals surface area contributed by atoms with E-state index in [9.17, 15) is 9.59 Å². The third-order valence-electron chi connectivity index (χ3n) is 5.18. The van der Waals surface area contributed by atoms with Crippen molar-refractivity contribution in [2.45, 2.75) is 31.7 Å².